The van der Waals surface area contributed by atoms with Crippen LogP contribution in [0.1, 0.15) is 18.4 Å². The molecule has 0 amide bonds. The fourth-order valence-corrected chi connectivity index (χ4v) is 3.62. The van der Waals surface area contributed by atoms with Crippen LogP contribution in [0.2, 0.25) is 16.7 Å². The molecule has 0 radical (unpaired) electrons. The molecule has 1 N–H and O–H groups in total. The van der Waals surface area contributed by atoms with E-state index >= 15 is 0 Å². The summed E-state index contributed by atoms with van der Waals surface area (Å²) in [4.78, 5) is 16.6. The van der Waals surface area contributed by atoms with E-state index in [-0.39, 0.29) is 11.7 Å². The largest absolute Gasteiger partial charge is 0.488 e. The Balaban J connectivity index is 0.000000473. The Kier molecular flexibility index (Phi) is 13.3. The van der Waals surface area contributed by atoms with Crippen LogP contribution in [-0.4, -0.2) is 50.6 Å². The van der Waals surface area contributed by atoms with Crippen LogP contribution < -0.4 is 10.3 Å². The first kappa shape index (κ1) is 29.2. The first-order valence-electron chi connectivity index (χ1n) is 11.5. The third-order valence-electron chi connectivity index (χ3n) is 5.25. The molecule has 0 atom stereocenters. The quantitative estimate of drug-likeness (QED) is 0.178. The van der Waals surface area contributed by atoms with E-state index in [1.807, 2.05) is 36.4 Å². The number of nitrogens with zero attached hydrogens (tertiary/aromatic N) is 1. The molecule has 0 aliphatic carbocycles. The van der Waals surface area contributed by atoms with E-state index in [4.69, 9.17) is 27.9 Å². The average Bonchev–Trinajstić information content (AvgIpc) is 2.82. The summed E-state index contributed by atoms with van der Waals surface area (Å²) in [6.45, 7) is 9.72. The minimum Gasteiger partial charge on any atom is -0.488 e. The average molecular weight is 580 g/mol. The molecule has 0 unspecified atom stereocenters. The third kappa shape index (κ3) is 11.1. The SMILES string of the molecule is C=CC(=C)Cl.C[Se]C.O=c1ccc2cc(OC3CN(CCCCc4ccc(Cl)cc4)C3)ccc2[nH]1. The van der Waals surface area contributed by atoms with Gasteiger partial charge in [0.1, 0.15) is 11.9 Å². The van der Waals surface area contributed by atoms with Crippen LogP contribution in [0.5, 0.6) is 5.75 Å². The molecule has 3 aromatic rings. The number of allylic oxidation sites excluding steroid dienone is 2. The monoisotopic (exact) mass is 580 g/mol. The number of likely N-dealkylation sites (tertiary alicyclic amines) is 1. The van der Waals surface area contributed by atoms with Gasteiger partial charge in [0, 0.05) is 40.1 Å². The van der Waals surface area contributed by atoms with E-state index in [0.29, 0.717) is 5.03 Å². The topological polar surface area (TPSA) is 45.3 Å². The summed E-state index contributed by atoms with van der Waals surface area (Å²) in [6.07, 6.45) is 5.22. The predicted octanol–water partition coefficient (Wildman–Crippen LogP) is 6.98. The molecule has 35 heavy (non-hydrogen) atoms. The number of pyridine rings is 1. The Morgan fingerprint density at radius 3 is 2.43 bits per heavy atom. The van der Waals surface area contributed by atoms with Gasteiger partial charge < -0.3 is 9.72 Å². The van der Waals surface area contributed by atoms with E-state index in [2.05, 4.69) is 46.8 Å². The summed E-state index contributed by atoms with van der Waals surface area (Å²) in [5.74, 6) is 5.24. The zero-order valence-corrected chi connectivity index (χ0v) is 23.7. The van der Waals surface area contributed by atoms with Crippen LogP contribution >= 0.6 is 23.2 Å². The van der Waals surface area contributed by atoms with Gasteiger partial charge in [-0.15, -0.1) is 0 Å². The van der Waals surface area contributed by atoms with E-state index in [0.717, 1.165) is 62.7 Å². The van der Waals surface area contributed by atoms with Crippen molar-refractivity contribution in [2.45, 2.75) is 37.0 Å². The van der Waals surface area contributed by atoms with Crippen LogP contribution in [0.15, 0.2) is 83.7 Å². The molecule has 1 aliphatic heterocycles. The predicted molar refractivity (Wildman–Crippen MR) is 152 cm³/mol. The molecule has 1 saturated heterocycles. The van der Waals surface area contributed by atoms with Crippen molar-refractivity contribution >= 4 is 49.1 Å². The van der Waals surface area contributed by atoms with Crippen molar-refractivity contribution < 1.29 is 4.74 Å². The van der Waals surface area contributed by atoms with Crippen LogP contribution in [0.25, 0.3) is 10.9 Å². The molecule has 7 heteroatoms. The third-order valence-corrected chi connectivity index (χ3v) is 5.65. The van der Waals surface area contributed by atoms with Crippen LogP contribution in [-0.2, 0) is 6.42 Å². The molecule has 1 aromatic heterocycles. The smallest absolute Gasteiger partial charge is 0.248 e. The van der Waals surface area contributed by atoms with Crippen LogP contribution in [0.4, 0.5) is 0 Å². The van der Waals surface area contributed by atoms with Crippen molar-refractivity contribution in [1.29, 1.82) is 0 Å². The van der Waals surface area contributed by atoms with E-state index in [9.17, 15) is 4.79 Å². The summed E-state index contributed by atoms with van der Waals surface area (Å²) in [5.41, 5.74) is 2.11. The number of aromatic nitrogens is 1. The van der Waals surface area contributed by atoms with Gasteiger partial charge in [0.2, 0.25) is 5.56 Å². The number of nitrogens with one attached hydrogen (secondary N) is 1. The number of unbranched alkanes of at least 4 members (excludes halogenated alkanes) is 1. The molecule has 4 nitrogen and oxygen atoms in total. The van der Waals surface area contributed by atoms with E-state index < -0.39 is 0 Å². The normalized spacial score (nSPS) is 13.0. The maximum absolute atomic E-state index is 11.3. The second-order valence-electron chi connectivity index (χ2n) is 8.21. The standard InChI is InChI=1S/C22H23ClN2O2.C4H5Cl.C2H6Se/c23-18-7-4-16(5-8-18)3-1-2-12-25-14-20(15-25)27-19-9-10-21-17(13-19)6-11-22(26)24-21;1-3-4(2)5;1-3-2/h4-11,13,20H,1-3,12,14-15H2,(H,24,26);3H,1-2H2;1-2H3. The van der Waals surface area contributed by atoms with Crippen LogP contribution in [0.3, 0.4) is 0 Å². The second-order valence-corrected chi connectivity index (χ2v) is 10.8. The minimum atomic E-state index is -0.0816. The van der Waals surface area contributed by atoms with Crippen molar-refractivity contribution in [2.24, 2.45) is 0 Å². The Hall–Kier alpha value is -2.01. The van der Waals surface area contributed by atoms with E-state index in [1.165, 1.54) is 24.5 Å². The van der Waals surface area contributed by atoms with Gasteiger partial charge in [0.25, 0.3) is 0 Å². The molecular formula is C28H34Cl2N2O2Se. The fourth-order valence-electron chi connectivity index (χ4n) is 3.49. The Morgan fingerprint density at radius 1 is 1.14 bits per heavy atom. The van der Waals surface area contributed by atoms with Gasteiger partial charge in [-0.25, -0.2) is 0 Å². The second kappa shape index (κ2) is 15.9. The first-order valence-corrected chi connectivity index (χ1v) is 15.7. The molecule has 1 aliphatic rings. The van der Waals surface area contributed by atoms with Gasteiger partial charge in [-0.1, -0.05) is 54.6 Å². The van der Waals surface area contributed by atoms with Crippen LogP contribution in [0, 0.1) is 0 Å². The van der Waals surface area contributed by atoms with Gasteiger partial charge >= 0.3 is 26.6 Å². The number of rotatable bonds is 8. The zero-order chi connectivity index (χ0) is 25.6. The molecule has 1 fully saturated rings. The molecule has 0 spiro atoms. The minimum absolute atomic E-state index is 0.0816. The molecule has 2 heterocycles. The Bertz CT molecular complexity index is 1130. The molecular weight excluding hydrogens is 546 g/mol. The fraction of sp³-hybridized carbons (Fsp3) is 0.321. The van der Waals surface area contributed by atoms with Gasteiger partial charge in [-0.2, -0.15) is 0 Å². The maximum Gasteiger partial charge on any atom is 0.248 e. The van der Waals surface area contributed by atoms with Crippen molar-refractivity contribution in [1.82, 2.24) is 9.88 Å². The Labute approximate surface area is 225 Å². The zero-order valence-electron chi connectivity index (χ0n) is 20.4. The van der Waals surface area contributed by atoms with E-state index in [1.54, 1.807) is 6.07 Å². The van der Waals surface area contributed by atoms with Gasteiger partial charge in [-0.3, -0.25) is 9.69 Å². The molecule has 0 saturated carbocycles. The summed E-state index contributed by atoms with van der Waals surface area (Å²) in [6, 6.07) is 17.3. The molecule has 4 rings (SSSR count). The van der Waals surface area contributed by atoms with Crippen molar-refractivity contribution in [3.05, 3.63) is 99.8 Å². The van der Waals surface area contributed by atoms with Gasteiger partial charge in [0.15, 0.2) is 0 Å². The summed E-state index contributed by atoms with van der Waals surface area (Å²) in [5, 5.41) is 2.28. The number of hydrogen-bond acceptors (Lipinski definition) is 3. The van der Waals surface area contributed by atoms with Crippen molar-refractivity contribution in [2.75, 3.05) is 19.6 Å². The number of hydrogen-bond donors (Lipinski definition) is 1. The van der Waals surface area contributed by atoms with Crippen molar-refractivity contribution in [3.8, 4) is 5.75 Å². The van der Waals surface area contributed by atoms with Gasteiger partial charge in [0.05, 0.1) is 0 Å². The number of H-pyrrole nitrogens is 1. The van der Waals surface area contributed by atoms with Crippen molar-refractivity contribution in [3.63, 3.8) is 0 Å². The molecule has 188 valence electrons. The summed E-state index contributed by atoms with van der Waals surface area (Å²) < 4.78 is 6.06. The number of fused-ring (bicyclic) bond motifs is 1. The molecule has 2 aromatic carbocycles. The first-order chi connectivity index (χ1) is 16.8. The molecule has 0 bridgehead atoms. The number of benzene rings is 2. The maximum atomic E-state index is 11.3. The van der Waals surface area contributed by atoms with Gasteiger partial charge in [-0.05, 0) is 67.8 Å². The number of aromatic amines is 1. The Morgan fingerprint density at radius 2 is 1.80 bits per heavy atom. The summed E-state index contributed by atoms with van der Waals surface area (Å²) in [7, 11) is 0. The number of halogens is 2. The summed E-state index contributed by atoms with van der Waals surface area (Å²) >= 11 is 11.9. The number of ether oxygens (including phenoxy) is 1. The number of aryl methyl sites for hydroxylation is 1.